The quantitative estimate of drug-likeness (QED) is 0.666. The second-order valence-electron chi connectivity index (χ2n) is 1.63. The van der Waals surface area contributed by atoms with Gasteiger partial charge < -0.3 is 18.4 Å². The molecule has 2 radical (unpaired) electrons. The number of allylic oxidation sites excluding steroid dienone is 1. The van der Waals surface area contributed by atoms with Crippen molar-refractivity contribution in [1.29, 1.82) is 0 Å². The zero-order valence-corrected chi connectivity index (χ0v) is 11.2. The summed E-state index contributed by atoms with van der Waals surface area (Å²) in [4.78, 5) is 0. The summed E-state index contributed by atoms with van der Waals surface area (Å²) in [5, 5.41) is 0. The van der Waals surface area contributed by atoms with Crippen molar-refractivity contribution in [2.75, 3.05) is 0 Å². The molecule has 0 aromatic carbocycles. The Kier molecular flexibility index (Phi) is 24.1. The van der Waals surface area contributed by atoms with E-state index in [0.29, 0.717) is 0 Å². The van der Waals surface area contributed by atoms with Crippen molar-refractivity contribution in [2.45, 2.75) is 20.3 Å². The van der Waals surface area contributed by atoms with Crippen LogP contribution in [0.2, 0.25) is 0 Å². The molecule has 0 N–H and O–H groups in total. The molecular formula is C6H10Y2-2. The zero-order chi connectivity index (χ0) is 4.99. The minimum Gasteiger partial charge on any atom is -0.534 e. The summed E-state index contributed by atoms with van der Waals surface area (Å²) >= 11 is 0. The van der Waals surface area contributed by atoms with Gasteiger partial charge in [-0.05, 0) is 0 Å². The van der Waals surface area contributed by atoms with Gasteiger partial charge in [0.05, 0.1) is 0 Å². The standard InChI is InChI=1S/C6H10.2Y/c1-4-5-6(2)3;;/h1,5H2,2-3H3;;/q-2;;. The number of rotatable bonds is 2. The summed E-state index contributed by atoms with van der Waals surface area (Å²) in [6.07, 6.45) is 3.71. The van der Waals surface area contributed by atoms with Gasteiger partial charge in [-0.25, -0.2) is 0 Å². The van der Waals surface area contributed by atoms with Gasteiger partial charge in [-0.1, -0.05) is 0 Å². The van der Waals surface area contributed by atoms with Crippen LogP contribution in [0.5, 0.6) is 0 Å². The Labute approximate surface area is 103 Å². The van der Waals surface area contributed by atoms with Crippen LogP contribution in [0.1, 0.15) is 20.3 Å². The Bertz CT molecular complexity index is 41.8. The Morgan fingerprint density at radius 1 is 1.38 bits per heavy atom. The Morgan fingerprint density at radius 2 is 1.75 bits per heavy atom. The molecule has 0 aliphatic carbocycles. The van der Waals surface area contributed by atoms with Gasteiger partial charge in [0.25, 0.3) is 0 Å². The monoisotopic (exact) mass is 260 g/mol. The molecule has 0 aliphatic rings. The first-order valence-corrected chi connectivity index (χ1v) is 2.06. The molecule has 0 bridgehead atoms. The minimum absolute atomic E-state index is 0. The molecule has 0 fully saturated rings. The smallest absolute Gasteiger partial charge is 0 e. The predicted octanol–water partition coefficient (Wildman–Crippen LogP) is 1.97. The molecule has 0 saturated carbocycles. The summed E-state index contributed by atoms with van der Waals surface area (Å²) < 4.78 is 0. The van der Waals surface area contributed by atoms with Crippen molar-refractivity contribution in [2.24, 2.45) is 0 Å². The molecule has 42 valence electrons. The van der Waals surface area contributed by atoms with Crippen LogP contribution in [0.3, 0.4) is 0 Å². The van der Waals surface area contributed by atoms with Crippen LogP contribution in [0.25, 0.3) is 0 Å². The molecule has 0 heterocycles. The number of hydrogen-bond donors (Lipinski definition) is 0. The van der Waals surface area contributed by atoms with Crippen LogP contribution >= 0.6 is 0 Å². The van der Waals surface area contributed by atoms with Crippen LogP contribution in [-0.4, -0.2) is 0 Å². The van der Waals surface area contributed by atoms with Crippen LogP contribution < -0.4 is 0 Å². The van der Waals surface area contributed by atoms with E-state index in [4.69, 9.17) is 0 Å². The van der Waals surface area contributed by atoms with Gasteiger partial charge in [0.1, 0.15) is 0 Å². The minimum atomic E-state index is 0. The van der Waals surface area contributed by atoms with E-state index < -0.39 is 0 Å². The summed E-state index contributed by atoms with van der Waals surface area (Å²) in [5.74, 6) is 1.37. The van der Waals surface area contributed by atoms with Crippen molar-refractivity contribution < 1.29 is 65.4 Å². The maximum atomic E-state index is 3.46. The molecule has 0 saturated heterocycles. The molecule has 0 aliphatic heterocycles. The second-order valence-corrected chi connectivity index (χ2v) is 1.63. The van der Waals surface area contributed by atoms with E-state index in [0.717, 1.165) is 6.42 Å². The Morgan fingerprint density at radius 3 is 1.75 bits per heavy atom. The van der Waals surface area contributed by atoms with Crippen molar-refractivity contribution in [3.63, 3.8) is 0 Å². The molecule has 0 aromatic heterocycles. The van der Waals surface area contributed by atoms with Gasteiger partial charge in [-0.15, -0.1) is 0 Å². The molecule has 0 unspecified atom stereocenters. The van der Waals surface area contributed by atoms with Crippen LogP contribution in [0.4, 0.5) is 0 Å². The normalized spacial score (nSPS) is 6.88. The average molecular weight is 260 g/mol. The summed E-state index contributed by atoms with van der Waals surface area (Å²) in [6.45, 7) is 7.59. The third kappa shape index (κ3) is 15.7. The summed E-state index contributed by atoms with van der Waals surface area (Å²) in [6, 6.07) is 0. The third-order valence-electron chi connectivity index (χ3n) is 0.479. The molecular weight excluding hydrogens is 250 g/mol. The molecule has 0 spiro atoms. The molecule has 0 rings (SSSR count). The first-order valence-electron chi connectivity index (χ1n) is 2.06. The van der Waals surface area contributed by atoms with E-state index in [1.807, 2.05) is 0 Å². The van der Waals surface area contributed by atoms with Crippen LogP contribution in [-0.2, 0) is 65.4 Å². The van der Waals surface area contributed by atoms with Crippen molar-refractivity contribution >= 4 is 0 Å². The Balaban J connectivity index is -0.000000125. The topological polar surface area (TPSA) is 0 Å². The van der Waals surface area contributed by atoms with E-state index in [1.54, 1.807) is 0 Å². The number of hydrogen-bond acceptors (Lipinski definition) is 0. The third-order valence-corrected chi connectivity index (χ3v) is 0.479. The fraction of sp³-hybridized carbons (Fsp3) is 0.500. The first kappa shape index (κ1) is 16.5. The second kappa shape index (κ2) is 11.7. The van der Waals surface area contributed by atoms with Crippen LogP contribution in [0.15, 0.2) is 6.58 Å². The van der Waals surface area contributed by atoms with Crippen LogP contribution in [0, 0.1) is 12.0 Å². The van der Waals surface area contributed by atoms with E-state index in [1.165, 1.54) is 5.92 Å². The maximum Gasteiger partial charge on any atom is 0 e. The van der Waals surface area contributed by atoms with Gasteiger partial charge >= 0.3 is 0 Å². The molecule has 2 heteroatoms. The van der Waals surface area contributed by atoms with Crippen molar-refractivity contribution in [3.8, 4) is 0 Å². The fourth-order valence-corrected chi connectivity index (χ4v) is 0.250. The average Bonchev–Trinajstić information content (AvgIpc) is 1.35. The zero-order valence-electron chi connectivity index (χ0n) is 5.57. The molecule has 0 nitrogen and oxygen atoms in total. The van der Waals surface area contributed by atoms with E-state index >= 15 is 0 Å². The van der Waals surface area contributed by atoms with E-state index in [2.05, 4.69) is 26.5 Å². The predicted molar refractivity (Wildman–Crippen MR) is 28.1 cm³/mol. The maximum absolute atomic E-state index is 3.46. The van der Waals surface area contributed by atoms with Gasteiger partial charge in [-0.3, -0.25) is 6.58 Å². The van der Waals surface area contributed by atoms with E-state index in [9.17, 15) is 0 Å². The van der Waals surface area contributed by atoms with Gasteiger partial charge in [-0.2, -0.15) is 13.8 Å². The first-order chi connectivity index (χ1) is 2.77. The van der Waals surface area contributed by atoms with E-state index in [-0.39, 0.29) is 65.4 Å². The largest absolute Gasteiger partial charge is 0.534 e. The van der Waals surface area contributed by atoms with Gasteiger partial charge in [0, 0.05) is 65.4 Å². The molecule has 0 atom stereocenters. The van der Waals surface area contributed by atoms with Crippen molar-refractivity contribution in [1.82, 2.24) is 0 Å². The molecule has 0 amide bonds. The van der Waals surface area contributed by atoms with Gasteiger partial charge in [0.15, 0.2) is 0 Å². The van der Waals surface area contributed by atoms with Crippen molar-refractivity contribution in [3.05, 3.63) is 18.6 Å². The summed E-state index contributed by atoms with van der Waals surface area (Å²) in [7, 11) is 0. The Hall–Kier alpha value is 1.95. The molecule has 0 aromatic rings. The fourth-order valence-electron chi connectivity index (χ4n) is 0.250. The molecule has 8 heavy (non-hydrogen) atoms. The summed E-state index contributed by atoms with van der Waals surface area (Å²) in [5.41, 5.74) is 0. The SMILES string of the molecule is C=[C-]C[C-](C)C.[Y].[Y]. The van der Waals surface area contributed by atoms with Gasteiger partial charge in [0.2, 0.25) is 0 Å².